The number of aromatic hydroxyl groups is 1. The van der Waals surface area contributed by atoms with Crippen LogP contribution in [0.5, 0.6) is 5.75 Å². The third-order valence-corrected chi connectivity index (χ3v) is 3.87. The highest BCUT2D eigenvalue weighted by Crippen LogP contribution is 2.12. The molecule has 21 heavy (non-hydrogen) atoms. The molecule has 0 saturated carbocycles. The van der Waals surface area contributed by atoms with Gasteiger partial charge in [-0.2, -0.15) is 0 Å². The Kier molecular flexibility index (Phi) is 10.8. The average Bonchev–Trinajstić information content (AvgIpc) is 2.50. The first-order valence-corrected chi connectivity index (χ1v) is 8.68. The van der Waals surface area contributed by atoms with Crippen LogP contribution in [0.1, 0.15) is 76.8 Å². The largest absolute Gasteiger partial charge is 0.506 e. The number of hydrogen-bond acceptors (Lipinski definition) is 3. The number of rotatable bonds is 13. The molecule has 3 nitrogen and oxygen atoms in total. The molecule has 3 heteroatoms. The fraction of sp³-hybridized carbons (Fsp3) is 0.722. The molecule has 0 atom stereocenters. The predicted octanol–water partition coefficient (Wildman–Crippen LogP) is 4.80. The van der Waals surface area contributed by atoms with Crippen LogP contribution in [-0.4, -0.2) is 16.6 Å². The van der Waals surface area contributed by atoms with Crippen molar-refractivity contribution in [2.24, 2.45) is 0 Å². The van der Waals surface area contributed by atoms with E-state index in [1.54, 1.807) is 18.3 Å². The molecule has 0 radical (unpaired) electrons. The van der Waals surface area contributed by atoms with Gasteiger partial charge < -0.3 is 10.4 Å². The Morgan fingerprint density at radius 1 is 0.952 bits per heavy atom. The zero-order valence-corrected chi connectivity index (χ0v) is 13.6. The zero-order valence-electron chi connectivity index (χ0n) is 13.6. The van der Waals surface area contributed by atoms with Crippen molar-refractivity contribution in [3.8, 4) is 5.75 Å². The van der Waals surface area contributed by atoms with Crippen LogP contribution in [-0.2, 0) is 6.54 Å². The summed E-state index contributed by atoms with van der Waals surface area (Å²) in [5.74, 6) is 0.285. The normalized spacial score (nSPS) is 10.9. The summed E-state index contributed by atoms with van der Waals surface area (Å²) in [5.41, 5.74) is 0.740. The fourth-order valence-electron chi connectivity index (χ4n) is 2.51. The maximum atomic E-state index is 9.59. The maximum absolute atomic E-state index is 9.59. The van der Waals surface area contributed by atoms with E-state index in [0.717, 1.165) is 12.2 Å². The molecule has 0 aliphatic carbocycles. The molecule has 0 saturated heterocycles. The summed E-state index contributed by atoms with van der Waals surface area (Å²) in [5, 5.41) is 12.9. The lowest BCUT2D eigenvalue weighted by molar-refractivity contribution is 0.458. The number of nitrogens with one attached hydrogen (secondary N) is 1. The molecule has 0 bridgehead atoms. The summed E-state index contributed by atoms with van der Waals surface area (Å²) in [6.07, 6.45) is 15.4. The highest BCUT2D eigenvalue weighted by molar-refractivity contribution is 5.24. The monoisotopic (exact) mass is 292 g/mol. The molecule has 2 N–H and O–H groups in total. The van der Waals surface area contributed by atoms with Crippen LogP contribution in [0.2, 0.25) is 0 Å². The van der Waals surface area contributed by atoms with Gasteiger partial charge in [0.2, 0.25) is 0 Å². The predicted molar refractivity (Wildman–Crippen MR) is 89.5 cm³/mol. The summed E-state index contributed by atoms with van der Waals surface area (Å²) >= 11 is 0. The Morgan fingerprint density at radius 2 is 1.57 bits per heavy atom. The van der Waals surface area contributed by atoms with Crippen molar-refractivity contribution < 1.29 is 5.11 Å². The van der Waals surface area contributed by atoms with E-state index in [4.69, 9.17) is 0 Å². The quantitative estimate of drug-likeness (QED) is 0.513. The first-order chi connectivity index (χ1) is 10.3. The van der Waals surface area contributed by atoms with E-state index in [1.807, 2.05) is 0 Å². The number of aromatic nitrogens is 1. The molecule has 0 aliphatic rings. The second kappa shape index (κ2) is 12.6. The van der Waals surface area contributed by atoms with E-state index in [-0.39, 0.29) is 5.75 Å². The van der Waals surface area contributed by atoms with Crippen molar-refractivity contribution in [3.63, 3.8) is 0 Å². The molecular formula is C18H32N2O. The average molecular weight is 292 g/mol. The summed E-state index contributed by atoms with van der Waals surface area (Å²) in [4.78, 5) is 4.15. The molecule has 1 aromatic rings. The van der Waals surface area contributed by atoms with E-state index < -0.39 is 0 Å². The Labute approximate surface area is 130 Å². The van der Waals surface area contributed by atoms with Gasteiger partial charge in [0.25, 0.3) is 0 Å². The van der Waals surface area contributed by atoms with Gasteiger partial charge in [0.15, 0.2) is 0 Å². The zero-order chi connectivity index (χ0) is 15.2. The Bertz CT molecular complexity index is 355. The minimum atomic E-state index is 0.285. The number of nitrogens with zero attached hydrogens (tertiary/aromatic N) is 1. The summed E-state index contributed by atoms with van der Waals surface area (Å²) < 4.78 is 0. The van der Waals surface area contributed by atoms with Gasteiger partial charge in [0.05, 0.1) is 5.69 Å². The second-order valence-electron chi connectivity index (χ2n) is 5.83. The molecule has 1 heterocycles. The van der Waals surface area contributed by atoms with Crippen LogP contribution in [0.25, 0.3) is 0 Å². The highest BCUT2D eigenvalue weighted by atomic mass is 16.3. The molecule has 1 aromatic heterocycles. The van der Waals surface area contributed by atoms with Crippen LogP contribution in [0.3, 0.4) is 0 Å². The highest BCUT2D eigenvalue weighted by Gasteiger charge is 1.99. The number of pyridine rings is 1. The first-order valence-electron chi connectivity index (χ1n) is 8.68. The third-order valence-electron chi connectivity index (χ3n) is 3.87. The van der Waals surface area contributed by atoms with Gasteiger partial charge >= 0.3 is 0 Å². The van der Waals surface area contributed by atoms with Gasteiger partial charge in [-0.15, -0.1) is 0 Å². The van der Waals surface area contributed by atoms with Gasteiger partial charge in [-0.1, -0.05) is 64.7 Å². The molecule has 0 spiro atoms. The molecule has 120 valence electrons. The molecule has 0 fully saturated rings. The lowest BCUT2D eigenvalue weighted by Gasteiger charge is -2.06. The van der Waals surface area contributed by atoms with Crippen molar-refractivity contribution in [1.29, 1.82) is 0 Å². The van der Waals surface area contributed by atoms with Crippen LogP contribution < -0.4 is 5.32 Å². The SMILES string of the molecule is CCCCCCCCCCCCNCc1ncccc1O. The van der Waals surface area contributed by atoms with E-state index in [1.165, 1.54) is 64.2 Å². The summed E-state index contributed by atoms with van der Waals surface area (Å²) in [7, 11) is 0. The van der Waals surface area contributed by atoms with Crippen LogP contribution in [0, 0.1) is 0 Å². The topological polar surface area (TPSA) is 45.2 Å². The van der Waals surface area contributed by atoms with Gasteiger partial charge in [-0.05, 0) is 25.1 Å². The smallest absolute Gasteiger partial charge is 0.138 e. The maximum Gasteiger partial charge on any atom is 0.138 e. The molecule has 0 aromatic carbocycles. The van der Waals surface area contributed by atoms with E-state index in [9.17, 15) is 5.11 Å². The van der Waals surface area contributed by atoms with Crippen LogP contribution in [0.15, 0.2) is 18.3 Å². The van der Waals surface area contributed by atoms with Gasteiger partial charge in [-0.25, -0.2) is 0 Å². The first kappa shape index (κ1) is 18.0. The summed E-state index contributed by atoms with van der Waals surface area (Å²) in [6, 6.07) is 3.44. The number of unbranched alkanes of at least 4 members (excludes halogenated alkanes) is 9. The summed E-state index contributed by atoms with van der Waals surface area (Å²) in [6.45, 7) is 3.93. The van der Waals surface area contributed by atoms with Crippen molar-refractivity contribution in [2.75, 3.05) is 6.54 Å². The minimum Gasteiger partial charge on any atom is -0.506 e. The van der Waals surface area contributed by atoms with E-state index in [2.05, 4.69) is 17.2 Å². The molecule has 0 unspecified atom stereocenters. The van der Waals surface area contributed by atoms with Crippen LogP contribution in [0.4, 0.5) is 0 Å². The fourth-order valence-corrected chi connectivity index (χ4v) is 2.51. The number of hydrogen-bond donors (Lipinski definition) is 2. The van der Waals surface area contributed by atoms with E-state index in [0.29, 0.717) is 6.54 Å². The molecular weight excluding hydrogens is 260 g/mol. The minimum absolute atomic E-state index is 0.285. The molecule has 0 aliphatic heterocycles. The van der Waals surface area contributed by atoms with Crippen molar-refractivity contribution in [3.05, 3.63) is 24.0 Å². The van der Waals surface area contributed by atoms with Gasteiger partial charge in [0.1, 0.15) is 5.75 Å². The van der Waals surface area contributed by atoms with Crippen molar-refractivity contribution in [1.82, 2.24) is 10.3 Å². The lowest BCUT2D eigenvalue weighted by atomic mass is 10.1. The van der Waals surface area contributed by atoms with Crippen molar-refractivity contribution >= 4 is 0 Å². The van der Waals surface area contributed by atoms with Gasteiger partial charge in [0, 0.05) is 12.7 Å². The standard InChI is InChI=1S/C18H32N2O/c1-2-3-4-5-6-7-8-9-10-11-14-19-16-17-18(21)13-12-15-20-17/h12-13,15,19,21H,2-11,14,16H2,1H3. The Hall–Kier alpha value is -1.09. The van der Waals surface area contributed by atoms with Gasteiger partial charge in [-0.3, -0.25) is 4.98 Å². The molecule has 0 amide bonds. The lowest BCUT2D eigenvalue weighted by Crippen LogP contribution is -2.15. The Balaban J connectivity index is 1.84. The van der Waals surface area contributed by atoms with E-state index >= 15 is 0 Å². The van der Waals surface area contributed by atoms with Crippen LogP contribution >= 0.6 is 0 Å². The van der Waals surface area contributed by atoms with Crippen molar-refractivity contribution in [2.45, 2.75) is 77.7 Å². The third kappa shape index (κ3) is 9.46. The molecule has 1 rings (SSSR count). The second-order valence-corrected chi connectivity index (χ2v) is 5.83. The Morgan fingerprint density at radius 3 is 2.19 bits per heavy atom.